The molecule has 0 N–H and O–H groups in total. The number of ketones is 1. The van der Waals surface area contributed by atoms with Gasteiger partial charge in [0.25, 0.3) is 0 Å². The van der Waals surface area contributed by atoms with E-state index in [1.165, 1.54) is 12.8 Å². The van der Waals surface area contributed by atoms with Gasteiger partial charge >= 0.3 is 0 Å². The number of anilines is 1. The molecule has 0 radical (unpaired) electrons. The summed E-state index contributed by atoms with van der Waals surface area (Å²) in [5, 5.41) is 4.41. The molecular weight excluding hydrogens is 442 g/mol. The predicted octanol–water partition coefficient (Wildman–Crippen LogP) is 2.75. The summed E-state index contributed by atoms with van der Waals surface area (Å²) in [5.41, 5.74) is 3.84. The summed E-state index contributed by atoms with van der Waals surface area (Å²) < 4.78 is 7.87. The molecule has 0 atom stereocenters. The van der Waals surface area contributed by atoms with E-state index >= 15 is 0 Å². The molecule has 3 aromatic heterocycles. The van der Waals surface area contributed by atoms with Crippen molar-refractivity contribution >= 4 is 11.6 Å². The molecule has 1 fully saturated rings. The van der Waals surface area contributed by atoms with E-state index in [-0.39, 0.29) is 5.78 Å². The molecule has 3 heterocycles. The molecule has 2 aliphatic carbocycles. The number of rotatable bonds is 11. The molecule has 0 spiro atoms. The number of fused-ring (bicyclic) bond motifs is 1. The number of aryl methyl sites for hydroxylation is 1. The molecular formula is C26H33N7O2. The van der Waals surface area contributed by atoms with Gasteiger partial charge in [-0.25, -0.2) is 9.97 Å². The van der Waals surface area contributed by atoms with Crippen LogP contribution in [0.1, 0.15) is 42.1 Å². The Balaban J connectivity index is 1.31. The van der Waals surface area contributed by atoms with Crippen molar-refractivity contribution in [2.24, 2.45) is 0 Å². The van der Waals surface area contributed by atoms with Crippen molar-refractivity contribution in [3.8, 4) is 17.3 Å². The molecule has 0 unspecified atom stereocenters. The summed E-state index contributed by atoms with van der Waals surface area (Å²) in [4.78, 5) is 31.1. The zero-order valence-electron chi connectivity index (χ0n) is 20.8. The number of carbonyl (C=O) groups excluding carboxylic acids is 1. The van der Waals surface area contributed by atoms with Gasteiger partial charge in [-0.15, -0.1) is 0 Å². The third-order valence-electron chi connectivity index (χ3n) is 6.43. The maximum absolute atomic E-state index is 12.9. The molecule has 3 aromatic rings. The van der Waals surface area contributed by atoms with Crippen LogP contribution in [0.15, 0.2) is 30.7 Å². The second kappa shape index (κ2) is 10.1. The number of ether oxygens (including phenoxy) is 1. The van der Waals surface area contributed by atoms with Crippen molar-refractivity contribution in [2.75, 3.05) is 45.7 Å². The van der Waals surface area contributed by atoms with Gasteiger partial charge in [-0.3, -0.25) is 14.5 Å². The zero-order chi connectivity index (χ0) is 24.4. The smallest absolute Gasteiger partial charge is 0.180 e. The van der Waals surface area contributed by atoms with E-state index < -0.39 is 0 Å². The Kier molecular flexibility index (Phi) is 6.77. The summed E-state index contributed by atoms with van der Waals surface area (Å²) in [5.74, 6) is 2.29. The zero-order valence-corrected chi connectivity index (χ0v) is 20.8. The van der Waals surface area contributed by atoms with Gasteiger partial charge < -0.3 is 14.5 Å². The minimum atomic E-state index is 0.143. The van der Waals surface area contributed by atoms with Gasteiger partial charge in [-0.1, -0.05) is 0 Å². The van der Waals surface area contributed by atoms with Crippen LogP contribution >= 0.6 is 0 Å². The molecule has 35 heavy (non-hydrogen) atoms. The monoisotopic (exact) mass is 475 g/mol. The lowest BCUT2D eigenvalue weighted by atomic mass is 10.1. The van der Waals surface area contributed by atoms with Gasteiger partial charge in [0.1, 0.15) is 23.9 Å². The Morgan fingerprint density at radius 1 is 1.20 bits per heavy atom. The Morgan fingerprint density at radius 2 is 2.06 bits per heavy atom. The first-order valence-corrected chi connectivity index (χ1v) is 12.4. The highest BCUT2D eigenvalue weighted by Gasteiger charge is 2.25. The summed E-state index contributed by atoms with van der Waals surface area (Å²) >= 11 is 0. The first kappa shape index (κ1) is 23.4. The summed E-state index contributed by atoms with van der Waals surface area (Å²) in [6.45, 7) is 1.72. The minimum absolute atomic E-state index is 0.143. The maximum atomic E-state index is 12.9. The molecule has 9 nitrogen and oxygen atoms in total. The fourth-order valence-corrected chi connectivity index (χ4v) is 4.44. The number of likely N-dealkylation sites (N-methyl/N-ethyl adjacent to an activating group) is 2. The minimum Gasteiger partial charge on any atom is -0.492 e. The van der Waals surface area contributed by atoms with Gasteiger partial charge in [0.05, 0.1) is 18.8 Å². The van der Waals surface area contributed by atoms with Crippen LogP contribution in [0.25, 0.3) is 11.5 Å². The van der Waals surface area contributed by atoms with Gasteiger partial charge in [-0.2, -0.15) is 5.10 Å². The van der Waals surface area contributed by atoms with Gasteiger partial charge in [0.2, 0.25) is 0 Å². The Morgan fingerprint density at radius 3 is 2.86 bits per heavy atom. The average molecular weight is 476 g/mol. The number of nitrogens with zero attached hydrogens (tertiary/aromatic N) is 7. The van der Waals surface area contributed by atoms with Gasteiger partial charge in [0.15, 0.2) is 11.6 Å². The number of aromatic nitrogens is 5. The predicted molar refractivity (Wildman–Crippen MR) is 134 cm³/mol. The Hall–Kier alpha value is -3.33. The van der Waals surface area contributed by atoms with Crippen molar-refractivity contribution in [1.82, 2.24) is 29.6 Å². The summed E-state index contributed by atoms with van der Waals surface area (Å²) in [6, 6.07) is 4.26. The van der Waals surface area contributed by atoms with E-state index in [1.54, 1.807) is 6.20 Å². The Bertz CT molecular complexity index is 1200. The standard InChI is InChI=1S/C26H33N7O2/c1-31(2)11-12-35-21-9-10-27-24(14-21)25-29-23-6-4-5-22(23)26(30-25)32(3)17-20(34)13-18-15-28-33(16-18)19-7-8-19/h9-10,14-16,19H,4-8,11-13,17H2,1-3H3. The van der Waals surface area contributed by atoms with Crippen LogP contribution in [0.5, 0.6) is 5.75 Å². The van der Waals surface area contributed by atoms with Crippen LogP contribution in [0, 0.1) is 0 Å². The van der Waals surface area contributed by atoms with Crippen LogP contribution in [0.4, 0.5) is 5.82 Å². The van der Waals surface area contributed by atoms with Crippen molar-refractivity contribution in [1.29, 1.82) is 0 Å². The number of hydrogen-bond acceptors (Lipinski definition) is 8. The van der Waals surface area contributed by atoms with Gasteiger partial charge in [-0.05, 0) is 57.8 Å². The van der Waals surface area contributed by atoms with E-state index in [1.807, 2.05) is 55.3 Å². The van der Waals surface area contributed by atoms with Crippen LogP contribution in [-0.2, 0) is 24.1 Å². The van der Waals surface area contributed by atoms with Crippen LogP contribution < -0.4 is 9.64 Å². The normalized spacial score (nSPS) is 14.9. The molecule has 0 amide bonds. The molecule has 2 aliphatic rings. The lowest BCUT2D eigenvalue weighted by Crippen LogP contribution is -2.28. The van der Waals surface area contributed by atoms with E-state index in [0.717, 1.165) is 54.2 Å². The number of carbonyl (C=O) groups is 1. The lowest BCUT2D eigenvalue weighted by Gasteiger charge is -2.21. The largest absolute Gasteiger partial charge is 0.492 e. The second-order valence-electron chi connectivity index (χ2n) is 9.81. The van der Waals surface area contributed by atoms with Crippen molar-refractivity contribution in [3.05, 3.63) is 47.5 Å². The first-order valence-electron chi connectivity index (χ1n) is 12.4. The highest BCUT2D eigenvalue weighted by molar-refractivity contribution is 5.85. The molecule has 0 saturated heterocycles. The van der Waals surface area contributed by atoms with E-state index in [2.05, 4.69) is 15.0 Å². The van der Waals surface area contributed by atoms with Crippen LogP contribution in [-0.4, -0.2) is 76.3 Å². The fourth-order valence-electron chi connectivity index (χ4n) is 4.44. The number of pyridine rings is 1. The number of Topliss-reactive ketones (excluding diaryl/α,β-unsaturated/α-hetero) is 1. The van der Waals surface area contributed by atoms with E-state index in [4.69, 9.17) is 14.7 Å². The first-order chi connectivity index (χ1) is 17.0. The fraction of sp³-hybridized carbons (Fsp3) is 0.500. The van der Waals surface area contributed by atoms with Crippen molar-refractivity contribution < 1.29 is 9.53 Å². The van der Waals surface area contributed by atoms with E-state index in [0.29, 0.717) is 37.1 Å². The van der Waals surface area contributed by atoms with Crippen LogP contribution in [0.3, 0.4) is 0 Å². The highest BCUT2D eigenvalue weighted by Crippen LogP contribution is 2.34. The van der Waals surface area contributed by atoms with Gasteiger partial charge in [0, 0.05) is 49.7 Å². The topological polar surface area (TPSA) is 89.3 Å². The lowest BCUT2D eigenvalue weighted by molar-refractivity contribution is -0.117. The van der Waals surface area contributed by atoms with Crippen LogP contribution in [0.2, 0.25) is 0 Å². The van der Waals surface area contributed by atoms with E-state index in [9.17, 15) is 4.79 Å². The molecule has 5 rings (SSSR count). The summed E-state index contributed by atoms with van der Waals surface area (Å²) in [7, 11) is 5.97. The average Bonchev–Trinajstić information content (AvgIpc) is 3.39. The second-order valence-corrected chi connectivity index (χ2v) is 9.81. The molecule has 0 bridgehead atoms. The molecule has 184 valence electrons. The molecule has 9 heteroatoms. The highest BCUT2D eigenvalue weighted by atomic mass is 16.5. The van der Waals surface area contributed by atoms with Crippen molar-refractivity contribution in [2.45, 2.75) is 44.6 Å². The summed E-state index contributed by atoms with van der Waals surface area (Å²) in [6.07, 6.45) is 11.2. The molecule has 1 saturated carbocycles. The molecule has 0 aliphatic heterocycles. The SMILES string of the molecule is CN(C)CCOc1ccnc(-c2nc3c(c(N(C)CC(=O)Cc4cnn(C5CC5)c4)n2)CCC3)c1. The third kappa shape index (κ3) is 5.67. The number of hydrogen-bond donors (Lipinski definition) is 0. The maximum Gasteiger partial charge on any atom is 0.180 e. The Labute approximate surface area is 206 Å². The van der Waals surface area contributed by atoms with Crippen molar-refractivity contribution in [3.63, 3.8) is 0 Å². The third-order valence-corrected chi connectivity index (χ3v) is 6.43. The quantitative estimate of drug-likeness (QED) is 0.418. The molecule has 0 aromatic carbocycles.